The lowest BCUT2D eigenvalue weighted by Gasteiger charge is -2.51. The zero-order chi connectivity index (χ0) is 24.3. The number of piperazine rings is 1. The lowest BCUT2D eigenvalue weighted by atomic mass is 9.76. The largest absolute Gasteiger partial charge is 0.356 e. The van der Waals surface area contributed by atoms with Crippen molar-refractivity contribution < 1.29 is 9.59 Å². The van der Waals surface area contributed by atoms with Crippen molar-refractivity contribution in [3.63, 3.8) is 0 Å². The molecule has 0 spiro atoms. The molecule has 3 heterocycles. The summed E-state index contributed by atoms with van der Waals surface area (Å²) in [5.74, 6) is -0.172. The van der Waals surface area contributed by atoms with Gasteiger partial charge in [-0.3, -0.25) is 9.59 Å². The van der Waals surface area contributed by atoms with Gasteiger partial charge in [0.2, 0.25) is 5.91 Å². The number of amides is 2. The first kappa shape index (κ1) is 21.9. The molecule has 0 aliphatic carbocycles. The van der Waals surface area contributed by atoms with Gasteiger partial charge in [0.1, 0.15) is 6.54 Å². The number of nitrogens with zero attached hydrogens (tertiary/aromatic N) is 2. The van der Waals surface area contributed by atoms with Crippen LogP contribution in [-0.2, 0) is 21.7 Å². The van der Waals surface area contributed by atoms with E-state index in [9.17, 15) is 9.59 Å². The number of aromatic amines is 1. The Morgan fingerprint density at radius 2 is 1.71 bits per heavy atom. The maximum atomic E-state index is 14.1. The van der Waals surface area contributed by atoms with Gasteiger partial charge in [-0.1, -0.05) is 77.8 Å². The van der Waals surface area contributed by atoms with Crippen LogP contribution in [0, 0.1) is 6.92 Å². The highest BCUT2D eigenvalue weighted by Gasteiger charge is 2.56. The van der Waals surface area contributed by atoms with E-state index >= 15 is 0 Å². The van der Waals surface area contributed by atoms with Crippen LogP contribution in [0.3, 0.4) is 0 Å². The van der Waals surface area contributed by atoms with Crippen molar-refractivity contribution in [1.82, 2.24) is 14.8 Å². The molecule has 2 aliphatic heterocycles. The molecule has 35 heavy (non-hydrogen) atoms. The number of halogens is 1. The van der Waals surface area contributed by atoms with Gasteiger partial charge in [-0.25, -0.2) is 0 Å². The molecule has 5 nitrogen and oxygen atoms in total. The topological polar surface area (TPSA) is 56.4 Å². The van der Waals surface area contributed by atoms with Crippen molar-refractivity contribution in [2.24, 2.45) is 0 Å². The van der Waals surface area contributed by atoms with Gasteiger partial charge in [0.15, 0.2) is 5.54 Å². The second-order valence-electron chi connectivity index (χ2n) is 9.75. The van der Waals surface area contributed by atoms with Crippen LogP contribution in [0.5, 0.6) is 0 Å². The van der Waals surface area contributed by atoms with E-state index in [0.717, 1.165) is 33.3 Å². The molecule has 6 heteroatoms. The first-order valence-electron chi connectivity index (χ1n) is 11.9. The molecular formula is C29H26ClN3O2. The normalized spacial score (nSPS) is 21.9. The Morgan fingerprint density at radius 3 is 2.49 bits per heavy atom. The molecule has 0 radical (unpaired) electrons. The Bertz CT molecular complexity index is 1480. The standard InChI is InChI=1S/C29H26ClN3O2/c1-18-11-13-19(14-12-18)22-16-33-25(34)17-32(15-20-7-3-5-9-23(20)30)28(35)29(33,2)27-26(22)21-8-4-6-10-24(21)31-27/h3-14,22,31H,15-17H2,1-2H3/t22-,29+/m1/s1. The molecule has 1 fully saturated rings. The predicted molar refractivity (Wildman–Crippen MR) is 137 cm³/mol. The Hall–Kier alpha value is -3.57. The molecule has 0 unspecified atom stereocenters. The van der Waals surface area contributed by atoms with Crippen molar-refractivity contribution in [2.75, 3.05) is 13.1 Å². The highest BCUT2D eigenvalue weighted by Crippen LogP contribution is 2.48. The maximum absolute atomic E-state index is 14.1. The monoisotopic (exact) mass is 483 g/mol. The van der Waals surface area contributed by atoms with Crippen LogP contribution >= 0.6 is 11.6 Å². The average molecular weight is 484 g/mol. The molecule has 4 aromatic rings. The molecule has 6 rings (SSSR count). The number of aromatic nitrogens is 1. The van der Waals surface area contributed by atoms with Gasteiger partial charge in [-0.2, -0.15) is 0 Å². The molecule has 0 bridgehead atoms. The summed E-state index contributed by atoms with van der Waals surface area (Å²) in [5, 5.41) is 1.69. The molecule has 2 aliphatic rings. The number of hydrogen-bond donors (Lipinski definition) is 1. The molecule has 1 saturated heterocycles. The fourth-order valence-corrected chi connectivity index (χ4v) is 5.93. The smallest absolute Gasteiger partial charge is 0.255 e. The Labute approximate surface area is 209 Å². The lowest BCUT2D eigenvalue weighted by molar-refractivity contribution is -0.166. The Morgan fingerprint density at radius 1 is 1.00 bits per heavy atom. The molecule has 1 N–H and O–H groups in total. The van der Waals surface area contributed by atoms with E-state index in [1.165, 1.54) is 5.56 Å². The van der Waals surface area contributed by atoms with Gasteiger partial charge < -0.3 is 14.8 Å². The number of H-pyrrole nitrogens is 1. The average Bonchev–Trinajstić information content (AvgIpc) is 3.25. The first-order valence-corrected chi connectivity index (χ1v) is 12.3. The summed E-state index contributed by atoms with van der Waals surface area (Å²) in [5.41, 5.74) is 4.92. The van der Waals surface area contributed by atoms with Crippen molar-refractivity contribution >= 4 is 34.3 Å². The van der Waals surface area contributed by atoms with Gasteiger partial charge in [0.05, 0.1) is 5.69 Å². The van der Waals surface area contributed by atoms with E-state index in [-0.39, 0.29) is 24.3 Å². The summed E-state index contributed by atoms with van der Waals surface area (Å²) in [4.78, 5) is 34.7. The van der Waals surface area contributed by atoms with Crippen LogP contribution in [0.2, 0.25) is 5.02 Å². The Kier molecular flexibility index (Phi) is 5.01. The summed E-state index contributed by atoms with van der Waals surface area (Å²) in [6.07, 6.45) is 0. The summed E-state index contributed by atoms with van der Waals surface area (Å²) >= 11 is 6.39. The van der Waals surface area contributed by atoms with E-state index in [0.29, 0.717) is 18.1 Å². The zero-order valence-corrected chi connectivity index (χ0v) is 20.5. The first-order chi connectivity index (χ1) is 16.9. The van der Waals surface area contributed by atoms with Crippen LogP contribution in [0.4, 0.5) is 0 Å². The van der Waals surface area contributed by atoms with Gasteiger partial charge in [-0.05, 0) is 42.7 Å². The summed E-state index contributed by atoms with van der Waals surface area (Å²) in [6, 6.07) is 24.1. The lowest BCUT2D eigenvalue weighted by Crippen LogP contribution is -2.67. The minimum Gasteiger partial charge on any atom is -0.356 e. The van der Waals surface area contributed by atoms with E-state index in [4.69, 9.17) is 11.6 Å². The van der Waals surface area contributed by atoms with Crippen molar-refractivity contribution in [2.45, 2.75) is 31.8 Å². The quantitative estimate of drug-likeness (QED) is 0.426. The fourth-order valence-electron chi connectivity index (χ4n) is 5.73. The highest BCUT2D eigenvalue weighted by molar-refractivity contribution is 6.31. The van der Waals surface area contributed by atoms with Crippen molar-refractivity contribution in [3.8, 4) is 0 Å². The number of rotatable bonds is 3. The van der Waals surface area contributed by atoms with E-state index in [1.807, 2.05) is 49.4 Å². The number of para-hydroxylation sites is 1. The predicted octanol–water partition coefficient (Wildman–Crippen LogP) is 5.36. The number of aryl methyl sites for hydroxylation is 1. The number of carbonyl (C=O) groups is 2. The highest BCUT2D eigenvalue weighted by atomic mass is 35.5. The third kappa shape index (κ3) is 3.29. The van der Waals surface area contributed by atoms with Gasteiger partial charge in [-0.15, -0.1) is 0 Å². The van der Waals surface area contributed by atoms with Gasteiger partial charge in [0, 0.05) is 34.9 Å². The zero-order valence-electron chi connectivity index (χ0n) is 19.7. The van der Waals surface area contributed by atoms with Crippen molar-refractivity contribution in [1.29, 1.82) is 0 Å². The van der Waals surface area contributed by atoms with Crippen LogP contribution < -0.4 is 0 Å². The second kappa shape index (κ2) is 7.99. The van der Waals surface area contributed by atoms with E-state index in [1.54, 1.807) is 9.80 Å². The summed E-state index contributed by atoms with van der Waals surface area (Å²) < 4.78 is 0. The maximum Gasteiger partial charge on any atom is 0.255 e. The van der Waals surface area contributed by atoms with Gasteiger partial charge >= 0.3 is 0 Å². The number of carbonyl (C=O) groups excluding carboxylic acids is 2. The van der Waals surface area contributed by atoms with Gasteiger partial charge in [0.25, 0.3) is 5.91 Å². The number of benzene rings is 3. The van der Waals surface area contributed by atoms with Crippen LogP contribution in [0.25, 0.3) is 10.9 Å². The van der Waals surface area contributed by atoms with E-state index in [2.05, 4.69) is 42.2 Å². The molecule has 3 aromatic carbocycles. The fraction of sp³-hybridized carbons (Fsp3) is 0.241. The summed E-state index contributed by atoms with van der Waals surface area (Å²) in [7, 11) is 0. The number of nitrogens with one attached hydrogen (secondary N) is 1. The second-order valence-corrected chi connectivity index (χ2v) is 10.2. The molecule has 2 atom stereocenters. The van der Waals surface area contributed by atoms with Crippen LogP contribution in [0.1, 0.15) is 40.8 Å². The molecule has 2 amide bonds. The Balaban J connectivity index is 1.51. The molecule has 1 aromatic heterocycles. The third-order valence-corrected chi connectivity index (χ3v) is 7.98. The molecular weight excluding hydrogens is 458 g/mol. The molecule has 0 saturated carbocycles. The number of fused-ring (bicyclic) bond motifs is 5. The van der Waals surface area contributed by atoms with Crippen LogP contribution in [-0.4, -0.2) is 39.7 Å². The van der Waals surface area contributed by atoms with Crippen LogP contribution in [0.15, 0.2) is 72.8 Å². The minimum absolute atomic E-state index is 0.0262. The number of hydrogen-bond acceptors (Lipinski definition) is 2. The van der Waals surface area contributed by atoms with Crippen molar-refractivity contribution in [3.05, 3.63) is 106 Å². The third-order valence-electron chi connectivity index (χ3n) is 7.62. The minimum atomic E-state index is -1.12. The summed E-state index contributed by atoms with van der Waals surface area (Å²) in [6.45, 7) is 4.74. The SMILES string of the molecule is Cc1ccc([C@H]2CN3C(=O)CN(Cc4ccccc4Cl)C(=O)[C@]3(C)c3[nH]c4ccccc4c32)cc1. The van der Waals surface area contributed by atoms with E-state index < -0.39 is 5.54 Å². The molecule has 176 valence electrons.